The number of hydrogen-bond acceptors (Lipinski definition) is 3. The second-order valence-corrected chi connectivity index (χ2v) is 3.70. The highest BCUT2D eigenvalue weighted by molar-refractivity contribution is 5.80. The number of hydrogen-bond donors (Lipinski definition) is 0. The number of ketones is 1. The van der Waals surface area contributed by atoms with Crippen LogP contribution in [0, 0.1) is 0 Å². The minimum absolute atomic E-state index is 0.0532. The van der Waals surface area contributed by atoms with E-state index < -0.39 is 11.7 Å². The monoisotopic (exact) mass is 262 g/mol. The Balaban J connectivity index is 3.48. The first kappa shape index (κ1) is 14.3. The lowest BCUT2D eigenvalue weighted by atomic mass is 10.0. The lowest BCUT2D eigenvalue weighted by molar-refractivity contribution is -0.138. The van der Waals surface area contributed by atoms with Crippen LogP contribution in [0.15, 0.2) is 12.1 Å². The molecule has 0 aliphatic carbocycles. The van der Waals surface area contributed by atoms with Gasteiger partial charge in [-0.05, 0) is 19.1 Å². The third-order valence-electron chi connectivity index (χ3n) is 2.38. The largest absolute Gasteiger partial charge is 0.493 e. The molecule has 0 bridgehead atoms. The first-order valence-electron chi connectivity index (χ1n) is 5.11. The minimum Gasteiger partial charge on any atom is -0.493 e. The lowest BCUT2D eigenvalue weighted by Gasteiger charge is -2.17. The quantitative estimate of drug-likeness (QED) is 0.837. The predicted molar refractivity (Wildman–Crippen MR) is 58.9 cm³/mol. The Kier molecular flexibility index (Phi) is 4.21. The molecule has 0 fully saturated rings. The first-order chi connectivity index (χ1) is 8.31. The first-order valence-corrected chi connectivity index (χ1v) is 5.11. The molecule has 6 heteroatoms. The zero-order valence-electron chi connectivity index (χ0n) is 10.2. The van der Waals surface area contributed by atoms with Gasteiger partial charge in [0.15, 0.2) is 11.5 Å². The molecule has 1 aromatic rings. The number of Topliss-reactive ketones (excluding diaryl/α,β-unsaturated/α-hetero) is 1. The van der Waals surface area contributed by atoms with E-state index in [2.05, 4.69) is 0 Å². The van der Waals surface area contributed by atoms with Gasteiger partial charge in [0.25, 0.3) is 0 Å². The van der Waals surface area contributed by atoms with Crippen LogP contribution >= 0.6 is 0 Å². The number of rotatable bonds is 4. The smallest absolute Gasteiger partial charge is 0.416 e. The van der Waals surface area contributed by atoms with E-state index >= 15 is 0 Å². The highest BCUT2D eigenvalue weighted by Gasteiger charge is 2.35. The number of benzene rings is 1. The van der Waals surface area contributed by atoms with Crippen molar-refractivity contribution in [3.8, 4) is 11.5 Å². The maximum Gasteiger partial charge on any atom is 0.416 e. The molecule has 0 amide bonds. The van der Waals surface area contributed by atoms with Crippen molar-refractivity contribution in [2.24, 2.45) is 0 Å². The van der Waals surface area contributed by atoms with E-state index in [1.54, 1.807) is 0 Å². The normalized spacial score (nSPS) is 11.2. The van der Waals surface area contributed by atoms with Gasteiger partial charge in [-0.25, -0.2) is 0 Å². The van der Waals surface area contributed by atoms with Crippen molar-refractivity contribution < 1.29 is 27.4 Å². The van der Waals surface area contributed by atoms with Gasteiger partial charge in [0, 0.05) is 12.0 Å². The summed E-state index contributed by atoms with van der Waals surface area (Å²) in [6.07, 6.45) is -4.89. The Morgan fingerprint density at radius 3 is 2.22 bits per heavy atom. The maximum atomic E-state index is 12.8. The van der Waals surface area contributed by atoms with Crippen LogP contribution in [-0.4, -0.2) is 20.0 Å². The summed E-state index contributed by atoms with van der Waals surface area (Å²) in [6.45, 7) is 1.22. The summed E-state index contributed by atoms with van der Waals surface area (Å²) in [5.41, 5.74) is -1.08. The van der Waals surface area contributed by atoms with Crippen LogP contribution in [0.2, 0.25) is 0 Å². The SMILES string of the molecule is COc1ccc(C(F)(F)F)c(CC(C)=O)c1OC. The summed E-state index contributed by atoms with van der Waals surface area (Å²) in [5, 5.41) is 0. The van der Waals surface area contributed by atoms with E-state index in [1.165, 1.54) is 27.2 Å². The topological polar surface area (TPSA) is 35.5 Å². The van der Waals surface area contributed by atoms with Crippen molar-refractivity contribution in [1.29, 1.82) is 0 Å². The van der Waals surface area contributed by atoms with Gasteiger partial charge in [0.2, 0.25) is 0 Å². The fraction of sp³-hybridized carbons (Fsp3) is 0.417. The summed E-state index contributed by atoms with van der Waals surface area (Å²) < 4.78 is 48.4. The van der Waals surface area contributed by atoms with Gasteiger partial charge in [0.05, 0.1) is 19.8 Å². The third-order valence-corrected chi connectivity index (χ3v) is 2.38. The van der Waals surface area contributed by atoms with Crippen LogP contribution in [0.1, 0.15) is 18.1 Å². The minimum atomic E-state index is -4.54. The third kappa shape index (κ3) is 2.94. The van der Waals surface area contributed by atoms with Crippen molar-refractivity contribution in [3.05, 3.63) is 23.3 Å². The van der Waals surface area contributed by atoms with E-state index in [0.29, 0.717) is 0 Å². The molecule has 0 aliphatic heterocycles. The van der Waals surface area contributed by atoms with Crippen molar-refractivity contribution in [1.82, 2.24) is 0 Å². The van der Waals surface area contributed by atoms with Crippen molar-refractivity contribution in [2.75, 3.05) is 14.2 Å². The van der Waals surface area contributed by atoms with Gasteiger partial charge in [-0.1, -0.05) is 0 Å². The molecule has 0 aliphatic rings. The van der Waals surface area contributed by atoms with Gasteiger partial charge >= 0.3 is 6.18 Å². The molecule has 0 heterocycles. The van der Waals surface area contributed by atoms with Crippen LogP contribution < -0.4 is 9.47 Å². The van der Waals surface area contributed by atoms with Crippen LogP contribution in [0.4, 0.5) is 13.2 Å². The number of carbonyl (C=O) groups excluding carboxylic acids is 1. The van der Waals surface area contributed by atoms with Gasteiger partial charge in [-0.3, -0.25) is 4.79 Å². The second-order valence-electron chi connectivity index (χ2n) is 3.70. The predicted octanol–water partition coefficient (Wildman–Crippen LogP) is 2.85. The zero-order chi connectivity index (χ0) is 13.9. The standard InChI is InChI=1S/C12H13F3O3/c1-7(16)6-8-9(12(13,14)15)4-5-10(17-2)11(8)18-3/h4-5H,6H2,1-3H3. The van der Waals surface area contributed by atoms with Gasteiger partial charge in [0.1, 0.15) is 5.78 Å². The molecule has 18 heavy (non-hydrogen) atoms. The van der Waals surface area contributed by atoms with E-state index in [9.17, 15) is 18.0 Å². The van der Waals surface area contributed by atoms with Gasteiger partial charge < -0.3 is 9.47 Å². The Morgan fingerprint density at radius 1 is 1.22 bits per heavy atom. The molecule has 0 atom stereocenters. The Labute approximate surface area is 103 Å². The molecular weight excluding hydrogens is 249 g/mol. The Morgan fingerprint density at radius 2 is 1.83 bits per heavy atom. The number of carbonyl (C=O) groups is 1. The fourth-order valence-corrected chi connectivity index (χ4v) is 1.68. The maximum absolute atomic E-state index is 12.8. The highest BCUT2D eigenvalue weighted by Crippen LogP contribution is 2.41. The van der Waals surface area contributed by atoms with Crippen LogP contribution in [0.3, 0.4) is 0 Å². The molecule has 0 N–H and O–H groups in total. The Hall–Kier alpha value is -1.72. The van der Waals surface area contributed by atoms with Crippen molar-refractivity contribution in [2.45, 2.75) is 19.5 Å². The van der Waals surface area contributed by atoms with Gasteiger partial charge in [-0.2, -0.15) is 13.2 Å². The molecule has 0 aromatic heterocycles. The molecule has 0 unspecified atom stereocenters. The second kappa shape index (κ2) is 5.29. The molecule has 100 valence electrons. The fourth-order valence-electron chi connectivity index (χ4n) is 1.68. The molecule has 3 nitrogen and oxygen atoms in total. The number of alkyl halides is 3. The van der Waals surface area contributed by atoms with Crippen LogP contribution in [0.25, 0.3) is 0 Å². The zero-order valence-corrected chi connectivity index (χ0v) is 10.2. The van der Waals surface area contributed by atoms with Crippen molar-refractivity contribution >= 4 is 5.78 Å². The van der Waals surface area contributed by atoms with E-state index in [0.717, 1.165) is 6.07 Å². The molecule has 1 rings (SSSR count). The van der Waals surface area contributed by atoms with Crippen LogP contribution in [-0.2, 0) is 17.4 Å². The number of halogens is 3. The number of ether oxygens (including phenoxy) is 2. The van der Waals surface area contributed by atoms with Gasteiger partial charge in [-0.15, -0.1) is 0 Å². The molecule has 0 radical (unpaired) electrons. The van der Waals surface area contributed by atoms with E-state index in [1.807, 2.05) is 0 Å². The van der Waals surface area contributed by atoms with Crippen molar-refractivity contribution in [3.63, 3.8) is 0 Å². The summed E-state index contributed by atoms with van der Waals surface area (Å²) in [4.78, 5) is 11.1. The molecule has 1 aromatic carbocycles. The molecule has 0 saturated heterocycles. The molecule has 0 saturated carbocycles. The Bertz CT molecular complexity index is 453. The summed E-state index contributed by atoms with van der Waals surface area (Å²) in [7, 11) is 2.56. The average molecular weight is 262 g/mol. The summed E-state index contributed by atoms with van der Waals surface area (Å²) in [5.74, 6) is -0.267. The van der Waals surface area contributed by atoms with E-state index in [-0.39, 0.29) is 29.3 Å². The molecular formula is C12H13F3O3. The number of methoxy groups -OCH3 is 2. The van der Waals surface area contributed by atoms with E-state index in [4.69, 9.17) is 9.47 Å². The highest BCUT2D eigenvalue weighted by atomic mass is 19.4. The summed E-state index contributed by atoms with van der Waals surface area (Å²) >= 11 is 0. The molecule has 0 spiro atoms. The summed E-state index contributed by atoms with van der Waals surface area (Å²) in [6, 6.07) is 2.06. The average Bonchev–Trinajstić information content (AvgIpc) is 2.25. The lowest BCUT2D eigenvalue weighted by Crippen LogP contribution is -2.13. The van der Waals surface area contributed by atoms with Crippen LogP contribution in [0.5, 0.6) is 11.5 Å².